The van der Waals surface area contributed by atoms with Crippen molar-refractivity contribution >= 4 is 38.9 Å². The van der Waals surface area contributed by atoms with E-state index in [0.717, 1.165) is 25.9 Å². The van der Waals surface area contributed by atoms with Gasteiger partial charge in [-0.3, -0.25) is 9.52 Å². The first-order chi connectivity index (χ1) is 19.2. The summed E-state index contributed by atoms with van der Waals surface area (Å²) in [5.74, 6) is 0.149. The SMILES string of the molecule is C[C@@H]1CN(c2nc(NC(=O)c3ccc(NS(=O)(=O)CCO)cc3N3CCC4(CC3)CC4)ccc2OCF)CCO1. The molecule has 3 N–H and O–H groups in total. The number of pyridine rings is 1. The molecule has 0 radical (unpaired) electrons. The second-order valence-electron chi connectivity index (χ2n) is 10.7. The fraction of sp³-hybridized carbons (Fsp3) is 0.556. The Labute approximate surface area is 233 Å². The summed E-state index contributed by atoms with van der Waals surface area (Å²) in [6.07, 6.45) is 4.46. The molecule has 1 aromatic carbocycles. The van der Waals surface area contributed by atoms with Crippen LogP contribution in [0.5, 0.6) is 5.75 Å². The van der Waals surface area contributed by atoms with E-state index in [9.17, 15) is 17.6 Å². The number of alkyl halides is 1. The zero-order valence-corrected chi connectivity index (χ0v) is 23.4. The van der Waals surface area contributed by atoms with Gasteiger partial charge >= 0.3 is 0 Å². The maximum absolute atomic E-state index is 13.6. The van der Waals surface area contributed by atoms with Gasteiger partial charge in [0.05, 0.1) is 42.0 Å². The van der Waals surface area contributed by atoms with Crippen molar-refractivity contribution in [3.63, 3.8) is 0 Å². The molecule has 11 nitrogen and oxygen atoms in total. The summed E-state index contributed by atoms with van der Waals surface area (Å²) in [5.41, 5.74) is 1.74. The van der Waals surface area contributed by atoms with Crippen LogP contribution < -0.4 is 24.6 Å². The van der Waals surface area contributed by atoms with Gasteiger partial charge in [0.1, 0.15) is 5.82 Å². The molecule has 3 fully saturated rings. The van der Waals surface area contributed by atoms with Crippen LogP contribution in [-0.2, 0) is 14.8 Å². The Morgan fingerprint density at radius 3 is 2.62 bits per heavy atom. The third kappa shape index (κ3) is 6.58. The summed E-state index contributed by atoms with van der Waals surface area (Å²) in [5, 5.41) is 11.9. The molecule has 3 aliphatic rings. The van der Waals surface area contributed by atoms with Crippen LogP contribution in [0.15, 0.2) is 30.3 Å². The van der Waals surface area contributed by atoms with Crippen molar-refractivity contribution in [2.45, 2.75) is 38.7 Å². The normalized spacial score (nSPS) is 20.3. The monoisotopic (exact) mass is 577 g/mol. The molecule has 0 bridgehead atoms. The number of aliphatic hydroxyl groups excluding tert-OH is 1. The van der Waals surface area contributed by atoms with Gasteiger partial charge in [-0.15, -0.1) is 0 Å². The molecule has 13 heteroatoms. The Morgan fingerprint density at radius 2 is 1.95 bits per heavy atom. The van der Waals surface area contributed by atoms with Gasteiger partial charge in [0.15, 0.2) is 11.6 Å². The van der Waals surface area contributed by atoms with Crippen LogP contribution >= 0.6 is 0 Å². The molecule has 2 saturated heterocycles. The molecule has 1 saturated carbocycles. The van der Waals surface area contributed by atoms with Gasteiger partial charge in [0.2, 0.25) is 16.9 Å². The molecule has 2 aliphatic heterocycles. The van der Waals surface area contributed by atoms with Gasteiger partial charge in [-0.1, -0.05) is 0 Å². The molecule has 0 unspecified atom stereocenters. The Bertz CT molecular complexity index is 1330. The first-order valence-corrected chi connectivity index (χ1v) is 15.2. The number of hydrogen-bond acceptors (Lipinski definition) is 9. The Morgan fingerprint density at radius 1 is 1.18 bits per heavy atom. The number of piperidine rings is 1. The zero-order valence-electron chi connectivity index (χ0n) is 22.6. The number of carbonyl (C=O) groups excluding carboxylic acids is 1. The van der Waals surface area contributed by atoms with E-state index in [4.69, 9.17) is 14.6 Å². The minimum Gasteiger partial charge on any atom is -0.459 e. The number of ether oxygens (including phenoxy) is 2. The number of rotatable bonds is 10. The fourth-order valence-electron chi connectivity index (χ4n) is 5.40. The van der Waals surface area contributed by atoms with Crippen molar-refractivity contribution in [3.05, 3.63) is 35.9 Å². The highest BCUT2D eigenvalue weighted by Gasteiger charge is 2.44. The van der Waals surface area contributed by atoms with Crippen molar-refractivity contribution in [3.8, 4) is 5.75 Å². The number of carbonyl (C=O) groups is 1. The minimum atomic E-state index is -3.73. The van der Waals surface area contributed by atoms with Crippen molar-refractivity contribution in [1.29, 1.82) is 0 Å². The lowest BCUT2D eigenvalue weighted by atomic mass is 9.93. The van der Waals surface area contributed by atoms with Crippen molar-refractivity contribution in [2.75, 3.05) is 71.8 Å². The second kappa shape index (κ2) is 11.8. The number of nitrogens with one attached hydrogen (secondary N) is 2. The predicted molar refractivity (Wildman–Crippen MR) is 150 cm³/mol. The average Bonchev–Trinajstić information content (AvgIpc) is 3.68. The molecule has 218 valence electrons. The second-order valence-corrected chi connectivity index (χ2v) is 12.6. The minimum absolute atomic E-state index is 0.0396. The van der Waals surface area contributed by atoms with E-state index in [2.05, 4.69) is 19.9 Å². The van der Waals surface area contributed by atoms with Crippen LogP contribution in [0.4, 0.5) is 27.4 Å². The maximum Gasteiger partial charge on any atom is 0.258 e. The summed E-state index contributed by atoms with van der Waals surface area (Å²) in [6.45, 7) is 3.55. The fourth-order valence-corrected chi connectivity index (χ4v) is 6.22. The first-order valence-electron chi connectivity index (χ1n) is 13.6. The third-order valence-electron chi connectivity index (χ3n) is 7.83. The molecule has 2 aromatic rings. The lowest BCUT2D eigenvalue weighted by Gasteiger charge is -2.35. The van der Waals surface area contributed by atoms with E-state index >= 15 is 0 Å². The van der Waals surface area contributed by atoms with E-state index < -0.39 is 35.2 Å². The number of sulfonamides is 1. The van der Waals surface area contributed by atoms with E-state index in [1.807, 2.05) is 11.8 Å². The predicted octanol–water partition coefficient (Wildman–Crippen LogP) is 2.98. The van der Waals surface area contributed by atoms with Crippen LogP contribution in [0.1, 0.15) is 43.0 Å². The molecule has 3 heterocycles. The van der Waals surface area contributed by atoms with Crippen LogP contribution in [0.3, 0.4) is 0 Å². The summed E-state index contributed by atoms with van der Waals surface area (Å²) in [4.78, 5) is 22.2. The summed E-state index contributed by atoms with van der Waals surface area (Å²) in [7, 11) is -3.73. The van der Waals surface area contributed by atoms with Crippen molar-refractivity contribution in [1.82, 2.24) is 4.98 Å². The Kier molecular flexibility index (Phi) is 8.34. The molecule has 5 rings (SSSR count). The average molecular weight is 578 g/mol. The van der Waals surface area contributed by atoms with Gasteiger partial charge in [0.25, 0.3) is 5.91 Å². The molecular formula is C27H36FN5O6S. The summed E-state index contributed by atoms with van der Waals surface area (Å²) in [6, 6.07) is 7.93. The largest absolute Gasteiger partial charge is 0.459 e. The third-order valence-corrected chi connectivity index (χ3v) is 9.10. The highest BCUT2D eigenvalue weighted by Crippen LogP contribution is 2.54. The smallest absolute Gasteiger partial charge is 0.258 e. The van der Waals surface area contributed by atoms with Gasteiger partial charge < -0.3 is 29.7 Å². The highest BCUT2D eigenvalue weighted by molar-refractivity contribution is 7.92. The topological polar surface area (TPSA) is 133 Å². The van der Waals surface area contributed by atoms with Gasteiger partial charge in [-0.2, -0.15) is 0 Å². The number of aromatic nitrogens is 1. The molecular weight excluding hydrogens is 541 g/mol. The van der Waals surface area contributed by atoms with Crippen LogP contribution in [0.2, 0.25) is 0 Å². The number of halogens is 1. The Hall–Kier alpha value is -3.16. The molecule has 1 spiro atoms. The van der Waals surface area contributed by atoms with Crippen molar-refractivity contribution < 1.29 is 32.2 Å². The van der Waals surface area contributed by atoms with E-state index in [1.165, 1.54) is 18.9 Å². The van der Waals surface area contributed by atoms with Gasteiger partial charge in [-0.05, 0) is 68.4 Å². The lowest BCUT2D eigenvalue weighted by Crippen LogP contribution is -2.41. The van der Waals surface area contributed by atoms with Crippen LogP contribution in [-0.4, -0.2) is 82.5 Å². The first kappa shape index (κ1) is 28.4. The van der Waals surface area contributed by atoms with Crippen molar-refractivity contribution in [2.24, 2.45) is 5.41 Å². The molecule has 40 heavy (non-hydrogen) atoms. The molecule has 1 aliphatic carbocycles. The number of aliphatic hydroxyl groups is 1. The zero-order chi connectivity index (χ0) is 28.3. The highest BCUT2D eigenvalue weighted by atomic mass is 32.2. The number of anilines is 4. The van der Waals surface area contributed by atoms with Crippen LogP contribution in [0, 0.1) is 5.41 Å². The number of amides is 1. The molecule has 1 aromatic heterocycles. The quantitative estimate of drug-likeness (QED) is 0.390. The standard InChI is InChI=1S/C27H36FN5O6S/c1-19-17-33(12-14-38-19)25-23(39-18-28)4-5-24(29-25)30-26(35)21-3-2-20(31-40(36,37)15-13-34)16-22(21)32-10-8-27(6-7-27)9-11-32/h2-5,16,19,31,34H,6-15,17-18H2,1H3,(H,29,30,35)/t19-/m1/s1. The molecule has 1 atom stereocenters. The van der Waals surface area contributed by atoms with E-state index in [-0.39, 0.29) is 17.7 Å². The number of benzene rings is 1. The van der Waals surface area contributed by atoms with E-state index in [0.29, 0.717) is 47.9 Å². The number of hydrogen-bond donors (Lipinski definition) is 3. The maximum atomic E-state index is 13.6. The van der Waals surface area contributed by atoms with Gasteiger partial charge in [-0.25, -0.2) is 17.8 Å². The number of nitrogens with zero attached hydrogens (tertiary/aromatic N) is 3. The summed E-state index contributed by atoms with van der Waals surface area (Å²) >= 11 is 0. The lowest BCUT2D eigenvalue weighted by molar-refractivity contribution is 0.0526. The van der Waals surface area contributed by atoms with Gasteiger partial charge in [0, 0.05) is 26.2 Å². The van der Waals surface area contributed by atoms with Crippen LogP contribution in [0.25, 0.3) is 0 Å². The van der Waals surface area contributed by atoms with E-state index in [1.54, 1.807) is 24.3 Å². The molecule has 1 amide bonds. The number of morpholine rings is 1. The Balaban J connectivity index is 1.41. The summed E-state index contributed by atoms with van der Waals surface area (Å²) < 4.78 is 50.9.